The summed E-state index contributed by atoms with van der Waals surface area (Å²) >= 11 is 0. The first-order chi connectivity index (χ1) is 13.1. The van der Waals surface area contributed by atoms with Crippen LogP contribution in [0.5, 0.6) is 0 Å². The van der Waals surface area contributed by atoms with E-state index in [1.54, 1.807) is 4.90 Å². The molecule has 5 nitrogen and oxygen atoms in total. The van der Waals surface area contributed by atoms with Gasteiger partial charge < -0.3 is 14.7 Å². The molecule has 1 heterocycles. The molecular formula is C22H27N3O2. The molecule has 27 heavy (non-hydrogen) atoms. The van der Waals surface area contributed by atoms with Crippen molar-refractivity contribution in [3.63, 3.8) is 0 Å². The van der Waals surface area contributed by atoms with Crippen LogP contribution in [0.4, 0.5) is 11.4 Å². The molecule has 3 rings (SSSR count). The summed E-state index contributed by atoms with van der Waals surface area (Å²) in [5.41, 5.74) is 3.17. The molecule has 0 bridgehead atoms. The Balaban J connectivity index is 1.60. The summed E-state index contributed by atoms with van der Waals surface area (Å²) < 4.78 is 0. The Morgan fingerprint density at radius 3 is 2.11 bits per heavy atom. The third kappa shape index (κ3) is 4.67. The average molecular weight is 365 g/mol. The lowest BCUT2D eigenvalue weighted by atomic mass is 10.1. The molecule has 0 spiro atoms. The van der Waals surface area contributed by atoms with Crippen LogP contribution in [0.2, 0.25) is 0 Å². The van der Waals surface area contributed by atoms with Crippen LogP contribution in [-0.4, -0.2) is 49.4 Å². The number of amides is 2. The highest BCUT2D eigenvalue weighted by Crippen LogP contribution is 2.18. The van der Waals surface area contributed by atoms with E-state index >= 15 is 0 Å². The highest BCUT2D eigenvalue weighted by atomic mass is 16.2. The van der Waals surface area contributed by atoms with Crippen molar-refractivity contribution >= 4 is 23.2 Å². The largest absolute Gasteiger partial charge is 0.368 e. The quantitative estimate of drug-likeness (QED) is 0.818. The number of rotatable bonds is 5. The van der Waals surface area contributed by atoms with Gasteiger partial charge in [0.25, 0.3) is 0 Å². The molecule has 142 valence electrons. The van der Waals surface area contributed by atoms with E-state index in [0.717, 1.165) is 25.2 Å². The topological polar surface area (TPSA) is 43.9 Å². The molecule has 1 aliphatic heterocycles. The Hall–Kier alpha value is -2.82. The maximum Gasteiger partial charge on any atom is 0.242 e. The molecule has 2 aromatic carbocycles. The standard InChI is InChI=1S/C22H27N3O2/c1-3-19-9-11-21(12-10-19)25(18(2)26)17-22(27)24-15-13-23(14-16-24)20-7-5-4-6-8-20/h4-12H,3,13-17H2,1-2H3. The molecule has 2 aromatic rings. The Bertz CT molecular complexity index is 766. The lowest BCUT2D eigenvalue weighted by Gasteiger charge is -2.37. The number of nitrogens with zero attached hydrogens (tertiary/aromatic N) is 3. The number of hydrogen-bond acceptors (Lipinski definition) is 3. The molecule has 5 heteroatoms. The Labute approximate surface area is 161 Å². The van der Waals surface area contributed by atoms with Gasteiger partial charge in [-0.25, -0.2) is 0 Å². The number of hydrogen-bond donors (Lipinski definition) is 0. The second-order valence-corrected chi connectivity index (χ2v) is 6.83. The van der Waals surface area contributed by atoms with E-state index in [0.29, 0.717) is 13.1 Å². The van der Waals surface area contributed by atoms with Gasteiger partial charge in [-0.1, -0.05) is 37.3 Å². The van der Waals surface area contributed by atoms with Crippen molar-refractivity contribution in [3.05, 3.63) is 60.2 Å². The van der Waals surface area contributed by atoms with Gasteiger partial charge in [0.05, 0.1) is 0 Å². The minimum absolute atomic E-state index is 0.00233. The van der Waals surface area contributed by atoms with Crippen LogP contribution >= 0.6 is 0 Å². The molecule has 1 aliphatic rings. The normalized spacial score (nSPS) is 14.1. The lowest BCUT2D eigenvalue weighted by molar-refractivity contribution is -0.131. The number of carbonyl (C=O) groups excluding carboxylic acids is 2. The van der Waals surface area contributed by atoms with Crippen molar-refractivity contribution in [2.45, 2.75) is 20.3 Å². The van der Waals surface area contributed by atoms with Crippen LogP contribution in [-0.2, 0) is 16.0 Å². The van der Waals surface area contributed by atoms with E-state index in [9.17, 15) is 9.59 Å². The van der Waals surface area contributed by atoms with Crippen molar-refractivity contribution in [3.8, 4) is 0 Å². The fraction of sp³-hybridized carbons (Fsp3) is 0.364. The zero-order valence-corrected chi connectivity index (χ0v) is 16.1. The molecule has 0 N–H and O–H groups in total. The van der Waals surface area contributed by atoms with E-state index < -0.39 is 0 Å². The van der Waals surface area contributed by atoms with Gasteiger partial charge in [-0.2, -0.15) is 0 Å². The van der Waals surface area contributed by atoms with Crippen LogP contribution < -0.4 is 9.80 Å². The van der Waals surface area contributed by atoms with Crippen LogP contribution in [0.15, 0.2) is 54.6 Å². The lowest BCUT2D eigenvalue weighted by Crippen LogP contribution is -2.51. The summed E-state index contributed by atoms with van der Waals surface area (Å²) in [6.07, 6.45) is 0.949. The molecular weight excluding hydrogens is 338 g/mol. The molecule has 0 saturated carbocycles. The third-order valence-corrected chi connectivity index (χ3v) is 5.08. The Kier molecular flexibility index (Phi) is 6.12. The van der Waals surface area contributed by atoms with Gasteiger partial charge in [-0.15, -0.1) is 0 Å². The number of aryl methyl sites for hydroxylation is 1. The van der Waals surface area contributed by atoms with E-state index in [1.807, 2.05) is 47.4 Å². The van der Waals surface area contributed by atoms with Gasteiger partial charge in [0.1, 0.15) is 6.54 Å². The van der Waals surface area contributed by atoms with Gasteiger partial charge in [0.15, 0.2) is 0 Å². The summed E-state index contributed by atoms with van der Waals surface area (Å²) in [7, 11) is 0. The first-order valence-corrected chi connectivity index (χ1v) is 9.53. The Morgan fingerprint density at radius 2 is 1.56 bits per heavy atom. The second kappa shape index (κ2) is 8.71. The summed E-state index contributed by atoms with van der Waals surface area (Å²) in [4.78, 5) is 30.6. The predicted octanol–water partition coefficient (Wildman–Crippen LogP) is 2.95. The molecule has 0 radical (unpaired) electrons. The van der Waals surface area contributed by atoms with Crippen LogP contribution in [0, 0.1) is 0 Å². The Morgan fingerprint density at radius 1 is 0.926 bits per heavy atom. The second-order valence-electron chi connectivity index (χ2n) is 6.83. The summed E-state index contributed by atoms with van der Waals surface area (Å²) in [6, 6.07) is 18.1. The minimum atomic E-state index is -0.115. The minimum Gasteiger partial charge on any atom is -0.368 e. The number of carbonyl (C=O) groups is 2. The molecule has 0 atom stereocenters. The molecule has 1 fully saturated rings. The first-order valence-electron chi connectivity index (χ1n) is 9.53. The van der Waals surface area contributed by atoms with Gasteiger partial charge >= 0.3 is 0 Å². The number of benzene rings is 2. The van der Waals surface area contributed by atoms with Gasteiger partial charge in [-0.3, -0.25) is 9.59 Å². The van der Waals surface area contributed by atoms with Crippen molar-refractivity contribution in [1.82, 2.24) is 4.90 Å². The smallest absolute Gasteiger partial charge is 0.242 e. The zero-order valence-electron chi connectivity index (χ0n) is 16.1. The molecule has 2 amide bonds. The summed E-state index contributed by atoms with van der Waals surface area (Å²) in [5.74, 6) is -0.118. The summed E-state index contributed by atoms with van der Waals surface area (Å²) in [5, 5.41) is 0. The van der Waals surface area contributed by atoms with E-state index in [1.165, 1.54) is 18.2 Å². The van der Waals surface area contributed by atoms with Crippen molar-refractivity contribution in [1.29, 1.82) is 0 Å². The van der Waals surface area contributed by atoms with E-state index in [-0.39, 0.29) is 18.4 Å². The fourth-order valence-electron chi connectivity index (χ4n) is 3.38. The number of anilines is 2. The van der Waals surface area contributed by atoms with Crippen molar-refractivity contribution < 1.29 is 9.59 Å². The molecule has 0 unspecified atom stereocenters. The monoisotopic (exact) mass is 365 g/mol. The average Bonchev–Trinajstić information content (AvgIpc) is 2.72. The van der Waals surface area contributed by atoms with Crippen LogP contribution in [0.25, 0.3) is 0 Å². The van der Waals surface area contributed by atoms with Gasteiger partial charge in [0.2, 0.25) is 11.8 Å². The van der Waals surface area contributed by atoms with Gasteiger partial charge in [-0.05, 0) is 36.2 Å². The summed E-state index contributed by atoms with van der Waals surface area (Å²) in [6.45, 7) is 6.65. The highest BCUT2D eigenvalue weighted by Gasteiger charge is 2.24. The molecule has 0 aliphatic carbocycles. The van der Waals surface area contributed by atoms with Crippen molar-refractivity contribution in [2.24, 2.45) is 0 Å². The van der Waals surface area contributed by atoms with Gasteiger partial charge in [0, 0.05) is 44.5 Å². The SMILES string of the molecule is CCc1ccc(N(CC(=O)N2CCN(c3ccccc3)CC2)C(C)=O)cc1. The third-order valence-electron chi connectivity index (χ3n) is 5.08. The first kappa shape index (κ1) is 19.0. The van der Waals surface area contributed by atoms with E-state index in [4.69, 9.17) is 0 Å². The van der Waals surface area contributed by atoms with Crippen LogP contribution in [0.3, 0.4) is 0 Å². The maximum absolute atomic E-state index is 12.8. The van der Waals surface area contributed by atoms with Crippen molar-refractivity contribution in [2.75, 3.05) is 42.5 Å². The number of piperazine rings is 1. The molecule has 1 saturated heterocycles. The maximum atomic E-state index is 12.8. The number of para-hydroxylation sites is 1. The highest BCUT2D eigenvalue weighted by molar-refractivity contribution is 5.97. The molecule has 0 aromatic heterocycles. The van der Waals surface area contributed by atoms with Crippen LogP contribution in [0.1, 0.15) is 19.4 Å². The predicted molar refractivity (Wildman–Crippen MR) is 109 cm³/mol. The zero-order chi connectivity index (χ0) is 19.2. The van der Waals surface area contributed by atoms with E-state index in [2.05, 4.69) is 24.0 Å². The fourth-order valence-corrected chi connectivity index (χ4v) is 3.38.